The highest BCUT2D eigenvalue weighted by atomic mass is 16.5. The number of unbranched alkanes of at least 4 members (excludes halogenated alkanes) is 1. The van der Waals surface area contributed by atoms with Crippen LogP contribution in [0.4, 0.5) is 0 Å². The van der Waals surface area contributed by atoms with Crippen molar-refractivity contribution in [2.45, 2.75) is 33.6 Å². The van der Waals surface area contributed by atoms with E-state index in [1.54, 1.807) is 0 Å². The predicted molar refractivity (Wildman–Crippen MR) is 67.5 cm³/mol. The Hall–Kier alpha value is -1.32. The molecule has 4 nitrogen and oxygen atoms in total. The van der Waals surface area contributed by atoms with Crippen LogP contribution >= 0.6 is 0 Å². The van der Waals surface area contributed by atoms with Gasteiger partial charge in [-0.3, -0.25) is 9.59 Å². The van der Waals surface area contributed by atoms with Gasteiger partial charge >= 0.3 is 5.97 Å². The molecule has 0 aromatic heterocycles. The van der Waals surface area contributed by atoms with Gasteiger partial charge in [0.25, 0.3) is 0 Å². The minimum atomic E-state index is -0.356. The minimum absolute atomic E-state index is 0.0115. The maximum absolute atomic E-state index is 11.5. The van der Waals surface area contributed by atoms with Gasteiger partial charge in [0.2, 0.25) is 5.91 Å². The van der Waals surface area contributed by atoms with E-state index in [1.165, 1.54) is 11.0 Å². The lowest BCUT2D eigenvalue weighted by Gasteiger charge is -2.20. The molecular formula is C13H23NO3. The lowest BCUT2D eigenvalue weighted by Crippen LogP contribution is -2.36. The predicted octanol–water partition coefficient (Wildman–Crippen LogP) is 2.00. The second-order valence-corrected chi connectivity index (χ2v) is 4.39. The molecule has 0 atom stereocenters. The Morgan fingerprint density at radius 1 is 1.41 bits per heavy atom. The van der Waals surface area contributed by atoms with Crippen LogP contribution in [0.5, 0.6) is 0 Å². The number of carbonyl (C=O) groups is 2. The van der Waals surface area contributed by atoms with E-state index in [4.69, 9.17) is 4.74 Å². The molecule has 0 rings (SSSR count). The quantitative estimate of drug-likeness (QED) is 0.482. The summed E-state index contributed by atoms with van der Waals surface area (Å²) >= 11 is 0. The van der Waals surface area contributed by atoms with Gasteiger partial charge in [-0.1, -0.05) is 33.8 Å². The van der Waals surface area contributed by atoms with Crippen LogP contribution in [-0.4, -0.2) is 36.5 Å². The Labute approximate surface area is 104 Å². The van der Waals surface area contributed by atoms with Crippen molar-refractivity contribution in [3.63, 3.8) is 0 Å². The van der Waals surface area contributed by atoms with E-state index >= 15 is 0 Å². The molecule has 4 heteroatoms. The third-order valence-corrected chi connectivity index (χ3v) is 2.17. The Morgan fingerprint density at radius 2 is 2.06 bits per heavy atom. The molecule has 0 unspecified atom stereocenters. The molecule has 0 aliphatic rings. The molecule has 0 aliphatic heterocycles. The van der Waals surface area contributed by atoms with Gasteiger partial charge in [0.1, 0.15) is 6.54 Å². The van der Waals surface area contributed by atoms with Crippen molar-refractivity contribution in [3.8, 4) is 0 Å². The van der Waals surface area contributed by atoms with Crippen LogP contribution in [-0.2, 0) is 14.3 Å². The van der Waals surface area contributed by atoms with Crippen LogP contribution in [0.2, 0.25) is 0 Å². The van der Waals surface area contributed by atoms with Crippen molar-refractivity contribution in [1.82, 2.24) is 4.90 Å². The number of carbonyl (C=O) groups excluding carboxylic acids is 2. The molecule has 0 aliphatic carbocycles. The van der Waals surface area contributed by atoms with Gasteiger partial charge in [-0.05, 0) is 18.4 Å². The van der Waals surface area contributed by atoms with Crippen molar-refractivity contribution in [2.75, 3.05) is 19.7 Å². The van der Waals surface area contributed by atoms with Crippen LogP contribution in [0.15, 0.2) is 12.7 Å². The molecule has 0 spiro atoms. The first-order valence-corrected chi connectivity index (χ1v) is 6.08. The van der Waals surface area contributed by atoms with Gasteiger partial charge in [-0.15, -0.1) is 0 Å². The first-order chi connectivity index (χ1) is 8.01. The fourth-order valence-electron chi connectivity index (χ4n) is 1.21. The molecule has 0 saturated carbocycles. The summed E-state index contributed by atoms with van der Waals surface area (Å²) in [5.41, 5.74) is 0. The Bertz CT molecular complexity index is 261. The molecule has 17 heavy (non-hydrogen) atoms. The van der Waals surface area contributed by atoms with Crippen molar-refractivity contribution < 1.29 is 14.3 Å². The Balaban J connectivity index is 4.17. The number of hydrogen-bond donors (Lipinski definition) is 0. The molecule has 0 aromatic rings. The van der Waals surface area contributed by atoms with E-state index in [2.05, 4.69) is 6.58 Å². The fourth-order valence-corrected chi connectivity index (χ4v) is 1.21. The van der Waals surface area contributed by atoms with Gasteiger partial charge in [0.15, 0.2) is 0 Å². The van der Waals surface area contributed by atoms with Crippen molar-refractivity contribution in [2.24, 2.45) is 5.92 Å². The standard InChI is InChI=1S/C13H23NO3/c1-5-7-8-14(12(15)6-2)9-13(16)17-10-11(3)4/h6,11H,2,5,7-10H2,1,3-4H3. The number of esters is 1. The summed E-state index contributed by atoms with van der Waals surface area (Å²) < 4.78 is 5.04. The summed E-state index contributed by atoms with van der Waals surface area (Å²) in [6.07, 6.45) is 3.07. The average Bonchev–Trinajstić information content (AvgIpc) is 2.30. The second-order valence-electron chi connectivity index (χ2n) is 4.39. The van der Waals surface area contributed by atoms with Crippen molar-refractivity contribution in [1.29, 1.82) is 0 Å². The molecular weight excluding hydrogens is 218 g/mol. The minimum Gasteiger partial charge on any atom is -0.464 e. The van der Waals surface area contributed by atoms with Gasteiger partial charge in [0, 0.05) is 6.54 Å². The largest absolute Gasteiger partial charge is 0.464 e. The van der Waals surface area contributed by atoms with Crippen LogP contribution < -0.4 is 0 Å². The van der Waals surface area contributed by atoms with Crippen molar-refractivity contribution in [3.05, 3.63) is 12.7 Å². The van der Waals surface area contributed by atoms with E-state index in [9.17, 15) is 9.59 Å². The monoisotopic (exact) mass is 241 g/mol. The molecule has 98 valence electrons. The highest BCUT2D eigenvalue weighted by molar-refractivity contribution is 5.89. The van der Waals surface area contributed by atoms with E-state index in [-0.39, 0.29) is 18.4 Å². The SMILES string of the molecule is C=CC(=O)N(CCCC)CC(=O)OCC(C)C. The Kier molecular flexibility index (Phi) is 8.11. The van der Waals surface area contributed by atoms with Crippen LogP contribution in [0.25, 0.3) is 0 Å². The maximum Gasteiger partial charge on any atom is 0.325 e. The molecule has 0 heterocycles. The molecule has 0 radical (unpaired) electrons. The van der Waals surface area contributed by atoms with Gasteiger partial charge in [-0.2, -0.15) is 0 Å². The highest BCUT2D eigenvalue weighted by Crippen LogP contribution is 1.99. The molecule has 0 fully saturated rings. The van der Waals surface area contributed by atoms with Crippen LogP contribution in [0.1, 0.15) is 33.6 Å². The fraction of sp³-hybridized carbons (Fsp3) is 0.692. The lowest BCUT2D eigenvalue weighted by molar-refractivity contribution is -0.149. The molecule has 0 aromatic carbocycles. The zero-order valence-electron chi connectivity index (χ0n) is 11.1. The first kappa shape index (κ1) is 15.7. The number of rotatable bonds is 8. The second kappa shape index (κ2) is 8.79. The number of nitrogens with zero attached hydrogens (tertiary/aromatic N) is 1. The van der Waals surface area contributed by atoms with E-state index in [0.29, 0.717) is 19.1 Å². The summed E-state index contributed by atoms with van der Waals surface area (Å²) in [7, 11) is 0. The summed E-state index contributed by atoms with van der Waals surface area (Å²) in [4.78, 5) is 24.5. The molecule has 0 saturated heterocycles. The molecule has 0 bridgehead atoms. The first-order valence-electron chi connectivity index (χ1n) is 6.08. The van der Waals surface area contributed by atoms with E-state index in [0.717, 1.165) is 12.8 Å². The van der Waals surface area contributed by atoms with Crippen molar-refractivity contribution >= 4 is 11.9 Å². The third-order valence-electron chi connectivity index (χ3n) is 2.17. The topological polar surface area (TPSA) is 46.6 Å². The van der Waals surface area contributed by atoms with Crippen LogP contribution in [0.3, 0.4) is 0 Å². The third kappa shape index (κ3) is 7.55. The zero-order chi connectivity index (χ0) is 13.3. The molecule has 0 N–H and O–H groups in total. The summed E-state index contributed by atoms with van der Waals surface area (Å²) in [6, 6.07) is 0. The van der Waals surface area contributed by atoms with E-state index in [1.807, 2.05) is 20.8 Å². The Morgan fingerprint density at radius 3 is 2.53 bits per heavy atom. The average molecular weight is 241 g/mol. The highest BCUT2D eigenvalue weighted by Gasteiger charge is 2.15. The summed E-state index contributed by atoms with van der Waals surface area (Å²) in [6.45, 7) is 10.4. The summed E-state index contributed by atoms with van der Waals surface area (Å²) in [5, 5.41) is 0. The van der Waals surface area contributed by atoms with Gasteiger partial charge in [-0.25, -0.2) is 0 Å². The molecule has 1 amide bonds. The van der Waals surface area contributed by atoms with Gasteiger partial charge in [0.05, 0.1) is 6.61 Å². The number of amides is 1. The van der Waals surface area contributed by atoms with Crippen LogP contribution in [0, 0.1) is 5.92 Å². The number of hydrogen-bond acceptors (Lipinski definition) is 3. The van der Waals surface area contributed by atoms with Gasteiger partial charge < -0.3 is 9.64 Å². The lowest BCUT2D eigenvalue weighted by atomic mass is 10.2. The smallest absolute Gasteiger partial charge is 0.325 e. The maximum atomic E-state index is 11.5. The summed E-state index contributed by atoms with van der Waals surface area (Å²) in [5.74, 6) is -0.275. The van der Waals surface area contributed by atoms with E-state index < -0.39 is 0 Å². The zero-order valence-corrected chi connectivity index (χ0v) is 11.1. The number of ether oxygens (including phenoxy) is 1. The normalized spacial score (nSPS) is 10.1.